The van der Waals surface area contributed by atoms with Gasteiger partial charge in [-0.3, -0.25) is 0 Å². The first-order valence-electron chi connectivity index (χ1n) is 6.23. The van der Waals surface area contributed by atoms with E-state index in [1.165, 1.54) is 15.3 Å². The molecule has 1 aromatic carbocycles. The summed E-state index contributed by atoms with van der Waals surface area (Å²) in [5, 5.41) is 4.40. The Morgan fingerprint density at radius 1 is 1.17 bits per heavy atom. The van der Waals surface area contributed by atoms with Gasteiger partial charge in [0.05, 0.1) is 0 Å². The van der Waals surface area contributed by atoms with Crippen LogP contribution in [0, 0.1) is 6.92 Å². The van der Waals surface area contributed by atoms with Crippen molar-refractivity contribution >= 4 is 22.9 Å². The molecule has 0 fully saturated rings. The highest BCUT2D eigenvalue weighted by molar-refractivity contribution is 7.11. The summed E-state index contributed by atoms with van der Waals surface area (Å²) >= 11 is 7.77. The van der Waals surface area contributed by atoms with Gasteiger partial charge in [-0.05, 0) is 43.2 Å². The van der Waals surface area contributed by atoms with Crippen LogP contribution < -0.4 is 5.32 Å². The Labute approximate surface area is 118 Å². The lowest BCUT2D eigenvalue weighted by Crippen LogP contribution is -2.19. The Kier molecular flexibility index (Phi) is 4.81. The van der Waals surface area contributed by atoms with Gasteiger partial charge in [-0.1, -0.05) is 30.7 Å². The van der Waals surface area contributed by atoms with E-state index in [4.69, 9.17) is 11.6 Å². The lowest BCUT2D eigenvalue weighted by Gasteiger charge is -2.17. The zero-order valence-corrected chi connectivity index (χ0v) is 12.3. The third-order valence-electron chi connectivity index (χ3n) is 3.00. The zero-order valence-electron chi connectivity index (χ0n) is 10.7. The van der Waals surface area contributed by atoms with E-state index >= 15 is 0 Å². The van der Waals surface area contributed by atoms with Gasteiger partial charge in [0, 0.05) is 27.4 Å². The highest BCUT2D eigenvalue weighted by atomic mass is 35.5. The van der Waals surface area contributed by atoms with Gasteiger partial charge in [-0.2, -0.15) is 0 Å². The molecule has 1 N–H and O–H groups in total. The van der Waals surface area contributed by atoms with Crippen LogP contribution in [-0.4, -0.2) is 0 Å². The van der Waals surface area contributed by atoms with Gasteiger partial charge in [0.15, 0.2) is 0 Å². The summed E-state index contributed by atoms with van der Waals surface area (Å²) in [6, 6.07) is 12.9. The average molecular weight is 280 g/mol. The molecule has 2 rings (SSSR count). The number of hydrogen-bond donors (Lipinski definition) is 1. The molecule has 18 heavy (non-hydrogen) atoms. The number of thiophene rings is 1. The maximum Gasteiger partial charge on any atom is 0.0406 e. The van der Waals surface area contributed by atoms with E-state index in [0.29, 0.717) is 6.04 Å². The minimum absolute atomic E-state index is 0.393. The molecular formula is C15H18ClNS. The van der Waals surface area contributed by atoms with Crippen LogP contribution in [0.25, 0.3) is 0 Å². The summed E-state index contributed by atoms with van der Waals surface area (Å²) in [7, 11) is 0. The predicted octanol–water partition coefficient (Wildman–Crippen LogP) is 4.95. The average Bonchev–Trinajstić information content (AvgIpc) is 2.78. The van der Waals surface area contributed by atoms with Crippen LogP contribution >= 0.6 is 22.9 Å². The molecule has 1 heterocycles. The molecule has 0 aliphatic rings. The van der Waals surface area contributed by atoms with Gasteiger partial charge in [0.1, 0.15) is 0 Å². The second-order valence-electron chi connectivity index (χ2n) is 4.41. The quantitative estimate of drug-likeness (QED) is 0.816. The third-order valence-corrected chi connectivity index (χ3v) is 4.25. The number of aryl methyl sites for hydroxylation is 1. The van der Waals surface area contributed by atoms with Crippen molar-refractivity contribution in [3.8, 4) is 0 Å². The van der Waals surface area contributed by atoms with Gasteiger partial charge in [-0.25, -0.2) is 0 Å². The van der Waals surface area contributed by atoms with Crippen molar-refractivity contribution in [1.82, 2.24) is 5.32 Å². The molecule has 1 unspecified atom stereocenters. The number of hydrogen-bond acceptors (Lipinski definition) is 2. The molecule has 0 aliphatic heterocycles. The first kappa shape index (κ1) is 13.6. The largest absolute Gasteiger partial charge is 0.305 e. The molecule has 1 aromatic heterocycles. The molecule has 0 aliphatic carbocycles. The van der Waals surface area contributed by atoms with Gasteiger partial charge < -0.3 is 5.32 Å². The van der Waals surface area contributed by atoms with Gasteiger partial charge in [0.25, 0.3) is 0 Å². The standard InChI is InChI=1S/C15H18ClNS/c1-3-15(12-5-7-13(16)8-6-12)17-10-14-9-4-11(2)18-14/h4-9,15,17H,3,10H2,1-2H3. The first-order valence-corrected chi connectivity index (χ1v) is 7.42. The van der Waals surface area contributed by atoms with E-state index in [1.54, 1.807) is 0 Å². The van der Waals surface area contributed by atoms with Crippen LogP contribution in [0.1, 0.15) is 34.7 Å². The molecule has 0 spiro atoms. The monoisotopic (exact) mass is 279 g/mol. The summed E-state index contributed by atoms with van der Waals surface area (Å²) in [6.45, 7) is 5.27. The number of nitrogens with one attached hydrogen (secondary N) is 1. The van der Waals surface area contributed by atoms with E-state index in [1.807, 2.05) is 23.5 Å². The van der Waals surface area contributed by atoms with Crippen LogP contribution in [0.15, 0.2) is 36.4 Å². The molecule has 96 valence electrons. The first-order chi connectivity index (χ1) is 8.69. The molecule has 0 bridgehead atoms. The maximum absolute atomic E-state index is 5.92. The second-order valence-corrected chi connectivity index (χ2v) is 6.21. The maximum atomic E-state index is 5.92. The van der Waals surface area contributed by atoms with Crippen molar-refractivity contribution in [3.63, 3.8) is 0 Å². The molecule has 3 heteroatoms. The Balaban J connectivity index is 1.99. The zero-order chi connectivity index (χ0) is 13.0. The Bertz CT molecular complexity index is 489. The topological polar surface area (TPSA) is 12.0 Å². The van der Waals surface area contributed by atoms with E-state index in [9.17, 15) is 0 Å². The lowest BCUT2D eigenvalue weighted by atomic mass is 10.0. The summed E-state index contributed by atoms with van der Waals surface area (Å²) in [4.78, 5) is 2.76. The molecular weight excluding hydrogens is 262 g/mol. The van der Waals surface area contributed by atoms with Gasteiger partial charge in [-0.15, -0.1) is 11.3 Å². The van der Waals surface area contributed by atoms with Crippen LogP contribution in [0.5, 0.6) is 0 Å². The predicted molar refractivity (Wildman–Crippen MR) is 80.4 cm³/mol. The Morgan fingerprint density at radius 2 is 1.89 bits per heavy atom. The third kappa shape index (κ3) is 3.58. The van der Waals surface area contributed by atoms with Gasteiger partial charge >= 0.3 is 0 Å². The molecule has 1 nitrogen and oxygen atoms in total. The SMILES string of the molecule is CCC(NCc1ccc(C)s1)c1ccc(Cl)cc1. The van der Waals surface area contributed by atoms with Crippen molar-refractivity contribution in [3.05, 3.63) is 56.7 Å². The Hall–Kier alpha value is -0.830. The minimum Gasteiger partial charge on any atom is -0.305 e. The summed E-state index contributed by atoms with van der Waals surface area (Å²) in [6.07, 6.45) is 1.08. The molecule has 0 saturated carbocycles. The van der Waals surface area contributed by atoms with Crippen molar-refractivity contribution in [1.29, 1.82) is 0 Å². The minimum atomic E-state index is 0.393. The molecule has 2 aromatic rings. The highest BCUT2D eigenvalue weighted by Gasteiger charge is 2.08. The molecule has 0 radical (unpaired) electrons. The summed E-state index contributed by atoms with van der Waals surface area (Å²) < 4.78 is 0. The summed E-state index contributed by atoms with van der Waals surface area (Å²) in [5.41, 5.74) is 1.30. The van der Waals surface area contributed by atoms with Crippen molar-refractivity contribution in [2.45, 2.75) is 32.9 Å². The number of halogens is 1. The van der Waals surface area contributed by atoms with Crippen LogP contribution in [-0.2, 0) is 6.54 Å². The smallest absolute Gasteiger partial charge is 0.0406 e. The molecule has 0 saturated heterocycles. The fourth-order valence-corrected chi connectivity index (χ4v) is 2.96. The highest BCUT2D eigenvalue weighted by Crippen LogP contribution is 2.21. The lowest BCUT2D eigenvalue weighted by molar-refractivity contribution is 0.522. The van der Waals surface area contributed by atoms with Crippen molar-refractivity contribution in [2.75, 3.05) is 0 Å². The van der Waals surface area contributed by atoms with Crippen LogP contribution in [0.2, 0.25) is 5.02 Å². The van der Waals surface area contributed by atoms with E-state index < -0.39 is 0 Å². The van der Waals surface area contributed by atoms with E-state index in [2.05, 4.69) is 43.4 Å². The van der Waals surface area contributed by atoms with Crippen LogP contribution in [0.3, 0.4) is 0 Å². The summed E-state index contributed by atoms with van der Waals surface area (Å²) in [5.74, 6) is 0. The molecule has 0 amide bonds. The van der Waals surface area contributed by atoms with Crippen LogP contribution in [0.4, 0.5) is 0 Å². The molecule has 1 atom stereocenters. The van der Waals surface area contributed by atoms with E-state index in [0.717, 1.165) is 18.0 Å². The van der Waals surface area contributed by atoms with Crippen molar-refractivity contribution in [2.24, 2.45) is 0 Å². The fourth-order valence-electron chi connectivity index (χ4n) is 2.00. The number of rotatable bonds is 5. The van der Waals surface area contributed by atoms with Gasteiger partial charge in [0.2, 0.25) is 0 Å². The number of benzene rings is 1. The Morgan fingerprint density at radius 3 is 2.44 bits per heavy atom. The fraction of sp³-hybridized carbons (Fsp3) is 0.333. The van der Waals surface area contributed by atoms with E-state index in [-0.39, 0.29) is 0 Å². The second kappa shape index (κ2) is 6.37. The van der Waals surface area contributed by atoms with Crippen molar-refractivity contribution < 1.29 is 0 Å². The normalized spacial score (nSPS) is 12.6.